The van der Waals surface area contributed by atoms with Crippen LogP contribution in [0.3, 0.4) is 0 Å². The second-order valence-electron chi connectivity index (χ2n) is 12.7. The van der Waals surface area contributed by atoms with Gasteiger partial charge in [0.15, 0.2) is 0 Å². The molecule has 10 nitrogen and oxygen atoms in total. The molecule has 12 heteroatoms. The van der Waals surface area contributed by atoms with Crippen LogP contribution in [0.4, 0.5) is 17.1 Å². The van der Waals surface area contributed by atoms with Gasteiger partial charge in [-0.1, -0.05) is 29.8 Å². The zero-order valence-corrected chi connectivity index (χ0v) is 29.9. The van der Waals surface area contributed by atoms with E-state index in [1.165, 1.54) is 12.5 Å². The number of amides is 1. The fraction of sp³-hybridized carbons (Fsp3) is 0.342. The highest BCUT2D eigenvalue weighted by Crippen LogP contribution is 2.47. The number of nitrogens with zero attached hydrogens (tertiary/aromatic N) is 4. The quantitative estimate of drug-likeness (QED) is 0.234. The number of hydrogen-bond acceptors (Lipinski definition) is 9. The number of benzene rings is 2. The summed E-state index contributed by atoms with van der Waals surface area (Å²) < 4.78 is 23.4. The van der Waals surface area contributed by atoms with E-state index in [0.717, 1.165) is 79.2 Å². The van der Waals surface area contributed by atoms with E-state index in [0.29, 0.717) is 50.8 Å². The van der Waals surface area contributed by atoms with Gasteiger partial charge in [0.25, 0.3) is 0 Å². The van der Waals surface area contributed by atoms with Crippen molar-refractivity contribution in [2.75, 3.05) is 62.7 Å². The van der Waals surface area contributed by atoms with E-state index >= 15 is 0 Å². The third-order valence-electron chi connectivity index (χ3n) is 9.96. The van der Waals surface area contributed by atoms with Crippen molar-refractivity contribution < 1.29 is 23.7 Å². The number of nitrogens with one attached hydrogen (secondary N) is 1. The minimum Gasteiger partial charge on any atom is -0.496 e. The standard InChI is InChI=1S/C38H39Cl2N5O5/c1-5-34(46)43-27-17-24(31(47-2)19-30(27)44-12-9-38(10-13-44)8-6-7-15-50-38)26-18-29-23(21-42-26)16-25(28-22-45(29)14-11-41-28)35-36(39)32(48-3)20-33(49-4)37(35)40/h5,11,14,16-21H,1,6-10,12-13,15,22H2,2-4H3,(H,43,46). The molecule has 1 N–H and O–H groups in total. The molecule has 50 heavy (non-hydrogen) atoms. The van der Waals surface area contributed by atoms with Crippen molar-refractivity contribution >= 4 is 63.5 Å². The number of hydrogen-bond donors (Lipinski definition) is 1. The van der Waals surface area contributed by atoms with Gasteiger partial charge in [-0.15, -0.1) is 0 Å². The van der Waals surface area contributed by atoms with E-state index in [1.54, 1.807) is 33.6 Å². The first-order valence-electron chi connectivity index (χ1n) is 16.6. The lowest BCUT2D eigenvalue weighted by atomic mass is 9.84. The number of carbonyl (C=O) groups is 1. The fourth-order valence-corrected chi connectivity index (χ4v) is 7.97. The molecular formula is C38H39Cl2N5O5. The van der Waals surface area contributed by atoms with Crippen molar-refractivity contribution in [3.63, 3.8) is 0 Å². The first-order chi connectivity index (χ1) is 24.3. The van der Waals surface area contributed by atoms with Crippen LogP contribution in [0.1, 0.15) is 43.2 Å². The first-order valence-corrected chi connectivity index (χ1v) is 17.4. The fourth-order valence-electron chi connectivity index (χ4n) is 7.26. The number of fused-ring (bicyclic) bond motifs is 4. The summed E-state index contributed by atoms with van der Waals surface area (Å²) in [6.07, 6.45) is 14.0. The monoisotopic (exact) mass is 715 g/mol. The molecule has 2 saturated heterocycles. The molecule has 0 aliphatic carbocycles. The third kappa shape index (κ3) is 6.20. The summed E-state index contributed by atoms with van der Waals surface area (Å²) in [5.74, 6) is 1.22. The maximum atomic E-state index is 12.7. The Labute approximate surface area is 302 Å². The molecule has 260 valence electrons. The van der Waals surface area contributed by atoms with Crippen LogP contribution in [0.2, 0.25) is 10.0 Å². The van der Waals surface area contributed by atoms with E-state index in [4.69, 9.17) is 52.1 Å². The number of methoxy groups -OCH3 is 3. The van der Waals surface area contributed by atoms with Gasteiger partial charge in [0, 0.05) is 72.7 Å². The highest BCUT2D eigenvalue weighted by molar-refractivity contribution is 6.44. The molecule has 4 aliphatic rings. The Bertz CT molecular complexity index is 1910. The Morgan fingerprint density at radius 1 is 0.980 bits per heavy atom. The van der Waals surface area contributed by atoms with Crippen molar-refractivity contribution in [3.8, 4) is 28.5 Å². The van der Waals surface area contributed by atoms with Gasteiger partial charge in [0.1, 0.15) is 17.2 Å². The molecule has 2 aromatic carbocycles. The Hall–Kier alpha value is -4.51. The number of pyridine rings is 1. The molecule has 1 amide bonds. The van der Waals surface area contributed by atoms with E-state index in [9.17, 15) is 4.79 Å². The molecule has 1 spiro atoms. The molecule has 2 bridgehead atoms. The molecule has 0 saturated carbocycles. The number of halogens is 2. The molecule has 5 heterocycles. The number of rotatable bonds is 8. The van der Waals surface area contributed by atoms with Crippen LogP contribution in [-0.4, -0.2) is 69.8 Å². The summed E-state index contributed by atoms with van der Waals surface area (Å²) in [7, 11) is 4.74. The van der Waals surface area contributed by atoms with Gasteiger partial charge in [-0.2, -0.15) is 0 Å². The van der Waals surface area contributed by atoms with Gasteiger partial charge in [0.05, 0.1) is 72.0 Å². The van der Waals surface area contributed by atoms with Crippen molar-refractivity contribution in [3.05, 3.63) is 76.7 Å². The molecule has 0 unspecified atom stereocenters. The lowest BCUT2D eigenvalue weighted by molar-refractivity contribution is -0.111. The molecule has 7 rings (SSSR count). The Kier molecular flexibility index (Phi) is 9.52. The largest absolute Gasteiger partial charge is 0.496 e. The number of aliphatic imine (C=N–C) groups is 1. The number of piperidine rings is 1. The smallest absolute Gasteiger partial charge is 0.247 e. The van der Waals surface area contributed by atoms with Gasteiger partial charge in [-0.25, -0.2) is 0 Å². The van der Waals surface area contributed by atoms with Crippen LogP contribution in [0, 0.1) is 0 Å². The van der Waals surface area contributed by atoms with E-state index < -0.39 is 0 Å². The van der Waals surface area contributed by atoms with Crippen LogP contribution in [0.15, 0.2) is 60.5 Å². The lowest BCUT2D eigenvalue weighted by Gasteiger charge is -2.45. The zero-order chi connectivity index (χ0) is 35.0. The topological polar surface area (TPSA) is 97.8 Å². The molecule has 1 aromatic heterocycles. The van der Waals surface area contributed by atoms with Gasteiger partial charge in [-0.05, 0) is 56.4 Å². The summed E-state index contributed by atoms with van der Waals surface area (Å²) in [6, 6.07) is 7.61. The Balaban J connectivity index is 1.30. The Morgan fingerprint density at radius 2 is 1.72 bits per heavy atom. The van der Waals surface area contributed by atoms with Crippen LogP contribution < -0.4 is 29.3 Å². The molecular weight excluding hydrogens is 677 g/mol. The lowest BCUT2D eigenvalue weighted by Crippen LogP contribution is -2.47. The highest BCUT2D eigenvalue weighted by atomic mass is 35.5. The predicted molar refractivity (Wildman–Crippen MR) is 200 cm³/mol. The highest BCUT2D eigenvalue weighted by Gasteiger charge is 2.38. The van der Waals surface area contributed by atoms with E-state index in [2.05, 4.69) is 21.7 Å². The molecule has 0 radical (unpaired) electrons. The maximum Gasteiger partial charge on any atom is 0.247 e. The average molecular weight is 717 g/mol. The average Bonchev–Trinajstić information content (AvgIpc) is 3.25. The van der Waals surface area contributed by atoms with E-state index in [1.807, 2.05) is 36.7 Å². The minimum absolute atomic E-state index is 0.0494. The van der Waals surface area contributed by atoms with E-state index in [-0.39, 0.29) is 11.5 Å². The second kappa shape index (κ2) is 14.0. The van der Waals surface area contributed by atoms with Crippen LogP contribution in [0.25, 0.3) is 22.9 Å². The molecule has 4 aliphatic heterocycles. The number of ether oxygens (including phenoxy) is 4. The summed E-state index contributed by atoms with van der Waals surface area (Å²) in [6.45, 7) is 6.58. The molecule has 2 fully saturated rings. The van der Waals surface area contributed by atoms with Crippen LogP contribution >= 0.6 is 23.2 Å². The molecule has 0 atom stereocenters. The van der Waals surface area contributed by atoms with Gasteiger partial charge >= 0.3 is 0 Å². The van der Waals surface area contributed by atoms with Crippen molar-refractivity contribution in [2.24, 2.45) is 4.99 Å². The minimum atomic E-state index is -0.296. The summed E-state index contributed by atoms with van der Waals surface area (Å²) in [5, 5.41) is 3.76. The van der Waals surface area contributed by atoms with Gasteiger partial charge in [0.2, 0.25) is 5.91 Å². The summed E-state index contributed by atoms with van der Waals surface area (Å²) in [5.41, 5.74) is 6.69. The molecule has 3 aromatic rings. The SMILES string of the molecule is C=CC(=O)Nc1cc(-c2cc3c(cn2)C=C(c2c(Cl)c(OC)cc(OC)c2Cl)C2=NC=CN3C2)c(OC)cc1N1CCC2(CCCCO2)CC1. The van der Waals surface area contributed by atoms with Crippen molar-refractivity contribution in [1.29, 1.82) is 0 Å². The van der Waals surface area contributed by atoms with Crippen molar-refractivity contribution in [1.82, 2.24) is 4.98 Å². The van der Waals surface area contributed by atoms with Gasteiger partial charge in [-0.3, -0.25) is 14.8 Å². The first kappa shape index (κ1) is 34.0. The number of aromatic nitrogens is 1. The third-order valence-corrected chi connectivity index (χ3v) is 10.7. The zero-order valence-electron chi connectivity index (χ0n) is 28.4. The van der Waals surface area contributed by atoms with Crippen LogP contribution in [0.5, 0.6) is 17.2 Å². The normalized spacial score (nSPS) is 17.7. The second-order valence-corrected chi connectivity index (χ2v) is 13.5. The van der Waals surface area contributed by atoms with Crippen molar-refractivity contribution in [2.45, 2.75) is 37.7 Å². The number of anilines is 3. The number of carbonyl (C=O) groups excluding carboxylic acids is 1. The Morgan fingerprint density at radius 3 is 2.38 bits per heavy atom. The predicted octanol–water partition coefficient (Wildman–Crippen LogP) is 8.03. The van der Waals surface area contributed by atoms with Crippen LogP contribution in [-0.2, 0) is 9.53 Å². The summed E-state index contributed by atoms with van der Waals surface area (Å²) >= 11 is 13.7. The van der Waals surface area contributed by atoms with Gasteiger partial charge < -0.3 is 34.1 Å². The maximum absolute atomic E-state index is 12.7. The summed E-state index contributed by atoms with van der Waals surface area (Å²) in [4.78, 5) is 26.7.